The number of hydrogen-bond donors (Lipinski definition) is 1. The Balaban J connectivity index is 2.05. The lowest BCUT2D eigenvalue weighted by Gasteiger charge is -2.12. The van der Waals surface area contributed by atoms with E-state index in [1.165, 1.54) is 0 Å². The zero-order valence-electron chi connectivity index (χ0n) is 9.87. The number of pyridine rings is 1. The van der Waals surface area contributed by atoms with E-state index in [4.69, 9.17) is 16.3 Å². The van der Waals surface area contributed by atoms with Crippen LogP contribution in [0.5, 0.6) is 0 Å². The lowest BCUT2D eigenvalue weighted by Crippen LogP contribution is -2.27. The minimum absolute atomic E-state index is 0.149. The van der Waals surface area contributed by atoms with Gasteiger partial charge in [0.15, 0.2) is 5.15 Å². The number of nitrogens with zero attached hydrogens (tertiary/aromatic N) is 1. The third kappa shape index (κ3) is 2.96. The molecule has 2 atom stereocenters. The molecule has 2 unspecified atom stereocenters. The fourth-order valence-corrected chi connectivity index (χ4v) is 2.00. The highest BCUT2D eigenvalue weighted by molar-refractivity contribution is 6.32. The monoisotopic (exact) mass is 254 g/mol. The fraction of sp³-hybridized carbons (Fsp3) is 0.500. The van der Waals surface area contributed by atoms with Crippen molar-refractivity contribution in [2.24, 2.45) is 0 Å². The molecule has 0 bridgehead atoms. The van der Waals surface area contributed by atoms with E-state index in [2.05, 4.69) is 10.3 Å². The van der Waals surface area contributed by atoms with Gasteiger partial charge in [-0.05, 0) is 38.3 Å². The second kappa shape index (κ2) is 5.02. The Kier molecular flexibility index (Phi) is 3.64. The summed E-state index contributed by atoms with van der Waals surface area (Å²) < 4.78 is 5.49. The SMILES string of the molecule is Cc1cnc(Cl)c(NC(=O)C2CCC(C)O2)c1. The summed E-state index contributed by atoms with van der Waals surface area (Å²) in [7, 11) is 0. The van der Waals surface area contributed by atoms with Crippen LogP contribution < -0.4 is 5.32 Å². The van der Waals surface area contributed by atoms with Crippen molar-refractivity contribution in [2.45, 2.75) is 38.9 Å². The average molecular weight is 255 g/mol. The van der Waals surface area contributed by atoms with E-state index in [1.54, 1.807) is 12.3 Å². The number of amides is 1. The van der Waals surface area contributed by atoms with Crippen molar-refractivity contribution >= 4 is 23.2 Å². The summed E-state index contributed by atoms with van der Waals surface area (Å²) in [5.41, 5.74) is 1.49. The molecule has 92 valence electrons. The Labute approximate surface area is 105 Å². The van der Waals surface area contributed by atoms with Crippen molar-refractivity contribution in [1.29, 1.82) is 0 Å². The molecule has 0 aromatic carbocycles. The van der Waals surface area contributed by atoms with Gasteiger partial charge in [-0.3, -0.25) is 4.79 Å². The van der Waals surface area contributed by atoms with E-state index in [0.29, 0.717) is 10.8 Å². The van der Waals surface area contributed by atoms with Crippen LogP contribution in [0.2, 0.25) is 5.15 Å². The number of anilines is 1. The van der Waals surface area contributed by atoms with E-state index in [-0.39, 0.29) is 18.1 Å². The van der Waals surface area contributed by atoms with E-state index in [0.717, 1.165) is 18.4 Å². The number of hydrogen-bond acceptors (Lipinski definition) is 3. The molecule has 1 saturated heterocycles. The summed E-state index contributed by atoms with van der Waals surface area (Å²) in [5, 5.41) is 3.06. The molecule has 5 heteroatoms. The fourth-order valence-electron chi connectivity index (χ4n) is 1.85. The number of ether oxygens (including phenoxy) is 1. The average Bonchev–Trinajstić information content (AvgIpc) is 2.70. The number of carbonyl (C=O) groups is 1. The second-order valence-corrected chi connectivity index (χ2v) is 4.71. The Morgan fingerprint density at radius 2 is 2.35 bits per heavy atom. The van der Waals surface area contributed by atoms with Crippen LogP contribution in [0.1, 0.15) is 25.3 Å². The molecule has 0 saturated carbocycles. The Hall–Kier alpha value is -1.13. The predicted octanol–water partition coefficient (Wildman–Crippen LogP) is 2.55. The van der Waals surface area contributed by atoms with Crippen LogP contribution >= 0.6 is 11.6 Å². The minimum Gasteiger partial charge on any atom is -0.365 e. The maximum atomic E-state index is 11.9. The van der Waals surface area contributed by atoms with Gasteiger partial charge in [-0.25, -0.2) is 4.98 Å². The Morgan fingerprint density at radius 1 is 1.59 bits per heavy atom. The summed E-state index contributed by atoms with van der Waals surface area (Å²) in [6.45, 7) is 3.86. The van der Waals surface area contributed by atoms with Crippen LogP contribution in [0.15, 0.2) is 12.3 Å². The van der Waals surface area contributed by atoms with Crippen molar-refractivity contribution in [3.05, 3.63) is 23.0 Å². The zero-order valence-corrected chi connectivity index (χ0v) is 10.6. The Bertz CT molecular complexity index is 437. The normalized spacial score (nSPS) is 23.7. The molecule has 0 aliphatic carbocycles. The highest BCUT2D eigenvalue weighted by Gasteiger charge is 2.28. The highest BCUT2D eigenvalue weighted by Crippen LogP contribution is 2.23. The summed E-state index contributed by atoms with van der Waals surface area (Å²) in [6, 6.07) is 1.80. The van der Waals surface area contributed by atoms with Gasteiger partial charge in [0.1, 0.15) is 6.10 Å². The number of aromatic nitrogens is 1. The van der Waals surface area contributed by atoms with E-state index >= 15 is 0 Å². The number of carbonyl (C=O) groups excluding carboxylic acids is 1. The molecule has 17 heavy (non-hydrogen) atoms. The molecule has 2 heterocycles. The van der Waals surface area contributed by atoms with Gasteiger partial charge in [-0.2, -0.15) is 0 Å². The molecular formula is C12H15ClN2O2. The van der Waals surface area contributed by atoms with Crippen molar-refractivity contribution in [3.63, 3.8) is 0 Å². The standard InChI is InChI=1S/C12H15ClN2O2/c1-7-5-9(11(13)14-6-7)15-12(16)10-4-3-8(2)17-10/h5-6,8,10H,3-4H2,1-2H3,(H,15,16). The summed E-state index contributed by atoms with van der Waals surface area (Å²) >= 11 is 5.91. The summed E-state index contributed by atoms with van der Waals surface area (Å²) in [5.74, 6) is -0.149. The predicted molar refractivity (Wildman–Crippen MR) is 66.2 cm³/mol. The molecule has 1 aliphatic rings. The third-order valence-corrected chi connectivity index (χ3v) is 3.06. The van der Waals surface area contributed by atoms with Crippen LogP contribution in [-0.2, 0) is 9.53 Å². The van der Waals surface area contributed by atoms with Crippen molar-refractivity contribution in [2.75, 3.05) is 5.32 Å². The lowest BCUT2D eigenvalue weighted by molar-refractivity contribution is -0.126. The lowest BCUT2D eigenvalue weighted by atomic mass is 10.2. The number of rotatable bonds is 2. The molecule has 2 rings (SSSR count). The number of aryl methyl sites for hydroxylation is 1. The van der Waals surface area contributed by atoms with E-state index in [9.17, 15) is 4.79 Å². The summed E-state index contributed by atoms with van der Waals surface area (Å²) in [4.78, 5) is 15.9. The molecule has 1 aromatic rings. The molecule has 1 N–H and O–H groups in total. The van der Waals surface area contributed by atoms with Gasteiger partial charge >= 0.3 is 0 Å². The van der Waals surface area contributed by atoms with Crippen molar-refractivity contribution in [3.8, 4) is 0 Å². The van der Waals surface area contributed by atoms with Crippen LogP contribution in [0.4, 0.5) is 5.69 Å². The smallest absolute Gasteiger partial charge is 0.253 e. The Morgan fingerprint density at radius 3 is 3.00 bits per heavy atom. The maximum absolute atomic E-state index is 11.9. The van der Waals surface area contributed by atoms with Gasteiger partial charge < -0.3 is 10.1 Å². The van der Waals surface area contributed by atoms with Gasteiger partial charge in [0.2, 0.25) is 0 Å². The topological polar surface area (TPSA) is 51.2 Å². The minimum atomic E-state index is -0.374. The van der Waals surface area contributed by atoms with Gasteiger partial charge in [0, 0.05) is 6.20 Å². The first-order valence-electron chi connectivity index (χ1n) is 5.64. The van der Waals surface area contributed by atoms with Crippen LogP contribution in [0.3, 0.4) is 0 Å². The van der Waals surface area contributed by atoms with Crippen molar-refractivity contribution in [1.82, 2.24) is 4.98 Å². The number of nitrogens with one attached hydrogen (secondary N) is 1. The molecular weight excluding hydrogens is 240 g/mol. The maximum Gasteiger partial charge on any atom is 0.253 e. The molecule has 0 radical (unpaired) electrons. The van der Waals surface area contributed by atoms with E-state index in [1.807, 2.05) is 13.8 Å². The largest absolute Gasteiger partial charge is 0.365 e. The number of halogens is 1. The first kappa shape index (κ1) is 12.3. The molecule has 0 spiro atoms. The molecule has 1 aromatic heterocycles. The first-order valence-corrected chi connectivity index (χ1v) is 6.02. The van der Waals surface area contributed by atoms with Crippen molar-refractivity contribution < 1.29 is 9.53 Å². The summed E-state index contributed by atoms with van der Waals surface area (Å²) in [6.07, 6.45) is 3.10. The molecule has 1 amide bonds. The molecule has 1 fully saturated rings. The van der Waals surface area contributed by atoms with Gasteiger partial charge in [-0.15, -0.1) is 0 Å². The quantitative estimate of drug-likeness (QED) is 0.826. The zero-order chi connectivity index (χ0) is 12.4. The van der Waals surface area contributed by atoms with E-state index < -0.39 is 0 Å². The van der Waals surface area contributed by atoms with Gasteiger partial charge in [0.05, 0.1) is 11.8 Å². The van der Waals surface area contributed by atoms with Crippen LogP contribution in [0.25, 0.3) is 0 Å². The second-order valence-electron chi connectivity index (χ2n) is 4.35. The van der Waals surface area contributed by atoms with Gasteiger partial charge in [0.25, 0.3) is 5.91 Å². The molecule has 1 aliphatic heterocycles. The first-order chi connectivity index (χ1) is 8.06. The van der Waals surface area contributed by atoms with Gasteiger partial charge in [-0.1, -0.05) is 11.6 Å². The third-order valence-electron chi connectivity index (χ3n) is 2.76. The van der Waals surface area contributed by atoms with Crippen LogP contribution in [-0.4, -0.2) is 23.1 Å². The van der Waals surface area contributed by atoms with Crippen LogP contribution in [0, 0.1) is 6.92 Å². The highest BCUT2D eigenvalue weighted by atomic mass is 35.5. The molecule has 4 nitrogen and oxygen atoms in total.